The summed E-state index contributed by atoms with van der Waals surface area (Å²) in [5, 5.41) is 2.93. The molecule has 5 nitrogen and oxygen atoms in total. The summed E-state index contributed by atoms with van der Waals surface area (Å²) < 4.78 is 12.7. The van der Waals surface area contributed by atoms with Gasteiger partial charge in [-0.1, -0.05) is 0 Å². The van der Waals surface area contributed by atoms with Gasteiger partial charge in [0.15, 0.2) is 0 Å². The van der Waals surface area contributed by atoms with Crippen LogP contribution < -0.4 is 5.32 Å². The maximum Gasteiger partial charge on any atom is 0.217 e. The zero-order valence-electron chi connectivity index (χ0n) is 8.68. The Labute approximate surface area is 91.8 Å². The van der Waals surface area contributed by atoms with Gasteiger partial charge in [-0.15, -0.1) is 0 Å². The fourth-order valence-electron chi connectivity index (χ4n) is 1.12. The van der Waals surface area contributed by atoms with E-state index in [0.29, 0.717) is 12.4 Å². The minimum atomic E-state index is -0.563. The van der Waals surface area contributed by atoms with Gasteiger partial charge >= 0.3 is 0 Å². The van der Waals surface area contributed by atoms with Crippen LogP contribution in [0.25, 0.3) is 0 Å². The van der Waals surface area contributed by atoms with Crippen molar-refractivity contribution in [3.63, 3.8) is 0 Å². The number of halogens is 1. The number of hydrogen-bond donors (Lipinski definition) is 1. The second-order valence-corrected chi connectivity index (χ2v) is 3.23. The maximum atomic E-state index is 12.7. The van der Waals surface area contributed by atoms with Gasteiger partial charge in [-0.3, -0.25) is 9.97 Å². The molecule has 2 aromatic heterocycles. The third-order valence-electron chi connectivity index (χ3n) is 1.92. The summed E-state index contributed by atoms with van der Waals surface area (Å²) >= 11 is 0. The summed E-state index contributed by atoms with van der Waals surface area (Å²) in [6.07, 6.45) is 4.51. The lowest BCUT2D eigenvalue weighted by atomic mass is 10.4. The molecule has 6 heteroatoms. The lowest BCUT2D eigenvalue weighted by Gasteiger charge is -2.04. The molecule has 0 aliphatic heterocycles. The highest BCUT2D eigenvalue weighted by Crippen LogP contribution is 2.04. The van der Waals surface area contributed by atoms with E-state index < -0.39 is 5.95 Å². The first-order valence-corrected chi connectivity index (χ1v) is 4.73. The summed E-state index contributed by atoms with van der Waals surface area (Å²) in [6.45, 7) is 2.31. The zero-order chi connectivity index (χ0) is 11.4. The Hall–Kier alpha value is -2.11. The van der Waals surface area contributed by atoms with Gasteiger partial charge in [-0.2, -0.15) is 4.39 Å². The zero-order valence-corrected chi connectivity index (χ0v) is 8.68. The highest BCUT2D eigenvalue weighted by atomic mass is 19.1. The van der Waals surface area contributed by atoms with E-state index in [0.717, 1.165) is 11.4 Å². The molecule has 2 heterocycles. The molecular formula is C10H10FN5. The predicted molar refractivity (Wildman–Crippen MR) is 56.1 cm³/mol. The summed E-state index contributed by atoms with van der Waals surface area (Å²) in [5.74, 6) is -0.137. The molecular weight excluding hydrogens is 209 g/mol. The van der Waals surface area contributed by atoms with Gasteiger partial charge in [0, 0.05) is 12.3 Å². The molecule has 0 aliphatic carbocycles. The third kappa shape index (κ3) is 2.69. The number of rotatable bonds is 3. The molecule has 2 rings (SSSR count). The standard InChI is InChI=1S/C10H10FN5/c1-7-3-13-8(4-12-7)5-14-10-2-9(11)15-6-16-10/h2-4,6H,5H2,1H3,(H,14,15,16). The third-order valence-corrected chi connectivity index (χ3v) is 1.92. The number of aryl methyl sites for hydroxylation is 1. The minimum Gasteiger partial charge on any atom is -0.364 e. The monoisotopic (exact) mass is 219 g/mol. The van der Waals surface area contributed by atoms with Crippen molar-refractivity contribution >= 4 is 5.82 Å². The molecule has 0 aromatic carbocycles. The largest absolute Gasteiger partial charge is 0.364 e. The van der Waals surface area contributed by atoms with Crippen molar-refractivity contribution in [3.05, 3.63) is 42.1 Å². The molecule has 2 aromatic rings. The van der Waals surface area contributed by atoms with Gasteiger partial charge in [-0.05, 0) is 6.92 Å². The van der Waals surface area contributed by atoms with Crippen LogP contribution in [0, 0.1) is 12.9 Å². The normalized spacial score (nSPS) is 10.1. The van der Waals surface area contributed by atoms with E-state index in [-0.39, 0.29) is 0 Å². The van der Waals surface area contributed by atoms with Crippen LogP contribution in [-0.4, -0.2) is 19.9 Å². The molecule has 0 fully saturated rings. The molecule has 0 saturated carbocycles. The Kier molecular flexibility index (Phi) is 3.00. The molecule has 0 bridgehead atoms. The van der Waals surface area contributed by atoms with Crippen LogP contribution in [0.4, 0.5) is 10.2 Å². The van der Waals surface area contributed by atoms with Gasteiger partial charge in [0.05, 0.1) is 24.1 Å². The topological polar surface area (TPSA) is 63.6 Å². The molecule has 16 heavy (non-hydrogen) atoms. The summed E-state index contributed by atoms with van der Waals surface area (Å²) in [7, 11) is 0. The first-order chi connectivity index (χ1) is 7.74. The molecule has 0 amide bonds. The van der Waals surface area contributed by atoms with Gasteiger partial charge in [0.25, 0.3) is 0 Å². The van der Waals surface area contributed by atoms with Crippen molar-refractivity contribution in [3.8, 4) is 0 Å². The van der Waals surface area contributed by atoms with Crippen molar-refractivity contribution in [2.75, 3.05) is 5.32 Å². The fraction of sp³-hybridized carbons (Fsp3) is 0.200. The Morgan fingerprint density at radius 3 is 2.75 bits per heavy atom. The van der Waals surface area contributed by atoms with Crippen molar-refractivity contribution in [2.45, 2.75) is 13.5 Å². The van der Waals surface area contributed by atoms with Crippen LogP contribution in [0.2, 0.25) is 0 Å². The van der Waals surface area contributed by atoms with E-state index >= 15 is 0 Å². The Bertz CT molecular complexity index is 471. The first-order valence-electron chi connectivity index (χ1n) is 4.73. The SMILES string of the molecule is Cc1cnc(CNc2cc(F)ncn2)cn1. The highest BCUT2D eigenvalue weighted by molar-refractivity contribution is 5.32. The van der Waals surface area contributed by atoms with Crippen LogP contribution in [-0.2, 0) is 6.54 Å². The van der Waals surface area contributed by atoms with Gasteiger partial charge in [0.2, 0.25) is 5.95 Å². The van der Waals surface area contributed by atoms with Gasteiger partial charge < -0.3 is 5.32 Å². The minimum absolute atomic E-state index is 0.426. The van der Waals surface area contributed by atoms with E-state index in [1.165, 1.54) is 12.4 Å². The van der Waals surface area contributed by atoms with Crippen LogP contribution in [0.1, 0.15) is 11.4 Å². The highest BCUT2D eigenvalue weighted by Gasteiger charge is 1.98. The van der Waals surface area contributed by atoms with Crippen LogP contribution in [0.5, 0.6) is 0 Å². The Morgan fingerprint density at radius 2 is 2.06 bits per heavy atom. The molecule has 0 spiro atoms. The first kappa shape index (κ1) is 10.4. The van der Waals surface area contributed by atoms with Gasteiger partial charge in [-0.25, -0.2) is 9.97 Å². The Balaban J connectivity index is 1.99. The van der Waals surface area contributed by atoms with Crippen LogP contribution in [0.15, 0.2) is 24.8 Å². The van der Waals surface area contributed by atoms with E-state index in [1.807, 2.05) is 6.92 Å². The van der Waals surface area contributed by atoms with Gasteiger partial charge in [0.1, 0.15) is 12.1 Å². The second kappa shape index (κ2) is 4.61. The second-order valence-electron chi connectivity index (χ2n) is 3.23. The van der Waals surface area contributed by atoms with Crippen molar-refractivity contribution in [2.24, 2.45) is 0 Å². The maximum absolute atomic E-state index is 12.7. The van der Waals surface area contributed by atoms with E-state index in [9.17, 15) is 4.39 Å². The smallest absolute Gasteiger partial charge is 0.217 e. The van der Waals surface area contributed by atoms with Crippen molar-refractivity contribution < 1.29 is 4.39 Å². The van der Waals surface area contributed by atoms with E-state index in [4.69, 9.17) is 0 Å². The lowest BCUT2D eigenvalue weighted by Crippen LogP contribution is -2.04. The van der Waals surface area contributed by atoms with E-state index in [1.54, 1.807) is 12.4 Å². The van der Waals surface area contributed by atoms with Crippen molar-refractivity contribution in [1.29, 1.82) is 0 Å². The average molecular weight is 219 g/mol. The molecule has 0 radical (unpaired) electrons. The quantitative estimate of drug-likeness (QED) is 0.789. The molecule has 0 aliphatic rings. The van der Waals surface area contributed by atoms with Crippen LogP contribution in [0.3, 0.4) is 0 Å². The predicted octanol–water partition coefficient (Wildman–Crippen LogP) is 1.33. The Morgan fingerprint density at radius 1 is 1.19 bits per heavy atom. The number of aromatic nitrogens is 4. The summed E-state index contributed by atoms with van der Waals surface area (Å²) in [4.78, 5) is 15.5. The lowest BCUT2D eigenvalue weighted by molar-refractivity contribution is 0.580. The number of nitrogens with one attached hydrogen (secondary N) is 1. The average Bonchev–Trinajstić information content (AvgIpc) is 2.28. The number of hydrogen-bond acceptors (Lipinski definition) is 5. The summed E-state index contributed by atoms with van der Waals surface area (Å²) in [5.41, 5.74) is 1.63. The fourth-order valence-corrected chi connectivity index (χ4v) is 1.12. The van der Waals surface area contributed by atoms with E-state index in [2.05, 4.69) is 25.3 Å². The molecule has 82 valence electrons. The number of nitrogens with zero attached hydrogens (tertiary/aromatic N) is 4. The van der Waals surface area contributed by atoms with Crippen molar-refractivity contribution in [1.82, 2.24) is 19.9 Å². The molecule has 0 atom stereocenters. The molecule has 0 unspecified atom stereocenters. The molecule has 1 N–H and O–H groups in total. The van der Waals surface area contributed by atoms with Crippen LogP contribution >= 0.6 is 0 Å². The molecule has 0 saturated heterocycles. The summed E-state index contributed by atoms with van der Waals surface area (Å²) in [6, 6.07) is 1.22. The number of anilines is 1.